The van der Waals surface area contributed by atoms with Crippen LogP contribution in [0.3, 0.4) is 0 Å². The predicted molar refractivity (Wildman–Crippen MR) is 133 cm³/mol. The first kappa shape index (κ1) is 24.5. The summed E-state index contributed by atoms with van der Waals surface area (Å²) in [7, 11) is 2.05. The summed E-state index contributed by atoms with van der Waals surface area (Å²) in [5, 5.41) is 0.501. The fraction of sp³-hybridized carbons (Fsp3) is 0.296. The molecule has 3 aromatic rings. The SMILES string of the molecule is CN1CCN(CC2OC(=O)N(c3ccccc3)C2(Oc2ccc(Cl)cc2)c2cc(F)cc(F)c2)CC1. The Bertz CT molecular complexity index is 1200. The van der Waals surface area contributed by atoms with Gasteiger partial charge in [-0.1, -0.05) is 29.8 Å². The summed E-state index contributed by atoms with van der Waals surface area (Å²) in [6.07, 6.45) is -1.57. The van der Waals surface area contributed by atoms with Crippen LogP contribution >= 0.6 is 11.6 Å². The van der Waals surface area contributed by atoms with Gasteiger partial charge in [0.25, 0.3) is 5.72 Å². The molecule has 0 radical (unpaired) electrons. The van der Waals surface area contributed by atoms with Crippen molar-refractivity contribution in [2.24, 2.45) is 0 Å². The zero-order chi connectivity index (χ0) is 25.3. The maximum absolute atomic E-state index is 14.6. The molecular formula is C27H26ClF2N3O3. The number of carbonyl (C=O) groups is 1. The molecule has 2 unspecified atom stereocenters. The molecule has 0 bridgehead atoms. The Labute approximate surface area is 213 Å². The Morgan fingerprint density at radius 3 is 2.25 bits per heavy atom. The van der Waals surface area contributed by atoms with E-state index in [9.17, 15) is 13.6 Å². The standard InChI is InChI=1S/C27H26ClF2N3O3/c1-31-11-13-32(14-12-31)18-25-27(19-15-21(29)17-22(30)16-19,36-24-9-7-20(28)8-10-24)33(26(34)35-25)23-5-3-2-4-6-23/h2-10,15-17,25H,11-14,18H2,1H3. The number of para-hydroxylation sites is 1. The van der Waals surface area contributed by atoms with Crippen molar-refractivity contribution in [3.05, 3.63) is 95.0 Å². The maximum atomic E-state index is 14.6. The number of anilines is 1. The van der Waals surface area contributed by atoms with Gasteiger partial charge in [-0.3, -0.25) is 4.90 Å². The van der Waals surface area contributed by atoms with Gasteiger partial charge in [0.05, 0.1) is 5.69 Å². The van der Waals surface area contributed by atoms with Crippen LogP contribution in [0.25, 0.3) is 0 Å². The molecule has 2 aliphatic heterocycles. The third-order valence-electron chi connectivity index (χ3n) is 6.59. The van der Waals surface area contributed by atoms with E-state index in [0.29, 0.717) is 23.0 Å². The maximum Gasteiger partial charge on any atom is 0.418 e. The predicted octanol–water partition coefficient (Wildman–Crippen LogP) is 5.12. The summed E-state index contributed by atoms with van der Waals surface area (Å²) in [6, 6.07) is 18.6. The van der Waals surface area contributed by atoms with Crippen molar-refractivity contribution in [3.8, 4) is 5.75 Å². The van der Waals surface area contributed by atoms with Gasteiger partial charge < -0.3 is 14.4 Å². The molecule has 36 heavy (non-hydrogen) atoms. The minimum absolute atomic E-state index is 0.129. The molecule has 3 aromatic carbocycles. The normalized spacial score (nSPS) is 23.1. The number of hydrogen-bond acceptors (Lipinski definition) is 5. The molecule has 0 saturated carbocycles. The molecule has 1 amide bonds. The van der Waals surface area contributed by atoms with Gasteiger partial charge in [-0.15, -0.1) is 0 Å². The summed E-state index contributed by atoms with van der Waals surface area (Å²) in [5.41, 5.74) is -1.09. The Balaban J connectivity index is 1.68. The Hall–Kier alpha value is -3.20. The summed E-state index contributed by atoms with van der Waals surface area (Å²) in [5.74, 6) is -1.20. The molecule has 2 aliphatic rings. The first-order chi connectivity index (χ1) is 17.3. The fourth-order valence-electron chi connectivity index (χ4n) is 4.76. The van der Waals surface area contributed by atoms with Gasteiger partial charge in [0.2, 0.25) is 0 Å². The molecular weight excluding hydrogens is 488 g/mol. The van der Waals surface area contributed by atoms with Crippen LogP contribution in [0.4, 0.5) is 19.3 Å². The summed E-state index contributed by atoms with van der Waals surface area (Å²) in [4.78, 5) is 19.2. The van der Waals surface area contributed by atoms with Crippen LogP contribution in [0, 0.1) is 11.6 Å². The average molecular weight is 514 g/mol. The van der Waals surface area contributed by atoms with E-state index in [-0.39, 0.29) is 5.56 Å². The van der Waals surface area contributed by atoms with E-state index in [1.807, 2.05) is 13.1 Å². The lowest BCUT2D eigenvalue weighted by Crippen LogP contribution is -2.57. The zero-order valence-electron chi connectivity index (χ0n) is 19.7. The second-order valence-corrected chi connectivity index (χ2v) is 9.49. The first-order valence-electron chi connectivity index (χ1n) is 11.7. The van der Waals surface area contributed by atoms with Crippen LogP contribution in [0.5, 0.6) is 5.75 Å². The molecule has 0 spiro atoms. The van der Waals surface area contributed by atoms with Crippen LogP contribution < -0.4 is 9.64 Å². The smallest absolute Gasteiger partial charge is 0.418 e. The third-order valence-corrected chi connectivity index (χ3v) is 6.84. The Morgan fingerprint density at radius 2 is 1.61 bits per heavy atom. The summed E-state index contributed by atoms with van der Waals surface area (Å²) in [6.45, 7) is 3.52. The monoisotopic (exact) mass is 513 g/mol. The van der Waals surface area contributed by atoms with Crippen LogP contribution in [-0.2, 0) is 10.5 Å². The number of ether oxygens (including phenoxy) is 2. The summed E-state index contributed by atoms with van der Waals surface area (Å²) >= 11 is 6.08. The highest BCUT2D eigenvalue weighted by Gasteiger charge is 2.60. The zero-order valence-corrected chi connectivity index (χ0v) is 20.5. The lowest BCUT2D eigenvalue weighted by molar-refractivity contribution is -0.0339. The van der Waals surface area contributed by atoms with Crippen molar-refractivity contribution in [2.45, 2.75) is 11.8 Å². The van der Waals surface area contributed by atoms with E-state index in [1.54, 1.807) is 48.5 Å². The van der Waals surface area contributed by atoms with Crippen LogP contribution in [0.15, 0.2) is 72.8 Å². The van der Waals surface area contributed by atoms with Gasteiger partial charge in [0, 0.05) is 49.4 Å². The van der Waals surface area contributed by atoms with Crippen LogP contribution in [-0.4, -0.2) is 61.8 Å². The number of cyclic esters (lactones) is 1. The van der Waals surface area contributed by atoms with Crippen LogP contribution in [0.2, 0.25) is 5.02 Å². The number of halogens is 3. The number of carbonyl (C=O) groups excluding carboxylic acids is 1. The van der Waals surface area contributed by atoms with E-state index < -0.39 is 29.6 Å². The molecule has 6 nitrogen and oxygen atoms in total. The number of benzene rings is 3. The first-order valence-corrected chi connectivity index (χ1v) is 12.1. The van der Waals surface area contributed by atoms with E-state index in [4.69, 9.17) is 21.1 Å². The minimum Gasteiger partial charge on any atom is -0.459 e. The molecule has 188 valence electrons. The molecule has 0 aliphatic carbocycles. The average Bonchev–Trinajstić information content (AvgIpc) is 3.13. The largest absolute Gasteiger partial charge is 0.459 e. The Kier molecular flexibility index (Phi) is 6.83. The van der Waals surface area contributed by atoms with Gasteiger partial charge in [0.1, 0.15) is 17.4 Å². The summed E-state index contributed by atoms with van der Waals surface area (Å²) < 4.78 is 41.8. The highest BCUT2D eigenvalue weighted by Crippen LogP contribution is 2.45. The van der Waals surface area contributed by atoms with Crippen LogP contribution in [0.1, 0.15) is 5.56 Å². The van der Waals surface area contributed by atoms with Crippen molar-refractivity contribution in [1.29, 1.82) is 0 Å². The molecule has 2 saturated heterocycles. The van der Waals surface area contributed by atoms with Gasteiger partial charge in [0.15, 0.2) is 6.10 Å². The second-order valence-electron chi connectivity index (χ2n) is 9.06. The molecule has 2 fully saturated rings. The number of hydrogen-bond donors (Lipinski definition) is 0. The van der Waals surface area contributed by atoms with Crippen molar-refractivity contribution in [3.63, 3.8) is 0 Å². The number of piperazine rings is 1. The van der Waals surface area contributed by atoms with E-state index in [1.165, 1.54) is 17.0 Å². The van der Waals surface area contributed by atoms with Crippen molar-refractivity contribution >= 4 is 23.4 Å². The fourth-order valence-corrected chi connectivity index (χ4v) is 4.89. The highest BCUT2D eigenvalue weighted by atomic mass is 35.5. The minimum atomic E-state index is -1.70. The molecule has 5 rings (SSSR count). The topological polar surface area (TPSA) is 45.2 Å². The molecule has 0 N–H and O–H groups in total. The van der Waals surface area contributed by atoms with Gasteiger partial charge in [-0.2, -0.15) is 0 Å². The molecule has 2 heterocycles. The van der Waals surface area contributed by atoms with Gasteiger partial charge >= 0.3 is 6.09 Å². The van der Waals surface area contributed by atoms with Gasteiger partial charge in [-0.25, -0.2) is 18.5 Å². The number of nitrogens with zero attached hydrogens (tertiary/aromatic N) is 3. The van der Waals surface area contributed by atoms with E-state index in [0.717, 1.165) is 32.2 Å². The van der Waals surface area contributed by atoms with Crippen molar-refractivity contribution in [2.75, 3.05) is 44.7 Å². The molecule has 0 aromatic heterocycles. The quantitative estimate of drug-likeness (QED) is 0.457. The van der Waals surface area contributed by atoms with Crippen molar-refractivity contribution < 1.29 is 23.0 Å². The number of rotatable bonds is 6. The number of likely N-dealkylation sites (N-methyl/N-ethyl adjacent to an activating group) is 1. The van der Waals surface area contributed by atoms with Crippen molar-refractivity contribution in [1.82, 2.24) is 9.80 Å². The highest BCUT2D eigenvalue weighted by molar-refractivity contribution is 6.30. The molecule has 2 atom stereocenters. The van der Waals surface area contributed by atoms with E-state index in [2.05, 4.69) is 9.80 Å². The van der Waals surface area contributed by atoms with E-state index >= 15 is 0 Å². The molecule has 9 heteroatoms. The number of amides is 1. The second kappa shape index (κ2) is 10.0. The lowest BCUT2D eigenvalue weighted by Gasteiger charge is -2.41. The van der Waals surface area contributed by atoms with Gasteiger partial charge in [-0.05, 0) is 55.6 Å². The lowest BCUT2D eigenvalue weighted by atomic mass is 9.93. The Morgan fingerprint density at radius 1 is 0.972 bits per heavy atom. The third kappa shape index (κ3) is 4.76.